The molecule has 0 aliphatic carbocycles. The van der Waals surface area contributed by atoms with Crippen molar-refractivity contribution >= 4 is 5.97 Å². The Balaban J connectivity index is 2.65. The van der Waals surface area contributed by atoms with Gasteiger partial charge in [-0.15, -0.1) is 0 Å². The molecule has 4 heteroatoms. The van der Waals surface area contributed by atoms with E-state index in [9.17, 15) is 15.0 Å². The first kappa shape index (κ1) is 11.5. The predicted molar refractivity (Wildman–Crippen MR) is 54.3 cm³/mol. The van der Waals surface area contributed by atoms with Gasteiger partial charge >= 0.3 is 5.97 Å². The van der Waals surface area contributed by atoms with Crippen molar-refractivity contribution in [2.45, 2.75) is 19.4 Å². The molecule has 0 fully saturated rings. The summed E-state index contributed by atoms with van der Waals surface area (Å²) in [6.45, 7) is 1.98. The van der Waals surface area contributed by atoms with E-state index in [2.05, 4.69) is 0 Å². The summed E-state index contributed by atoms with van der Waals surface area (Å²) in [5.41, 5.74) is 0.338. The number of aromatic hydroxyl groups is 1. The largest absolute Gasteiger partial charge is 0.508 e. The van der Waals surface area contributed by atoms with E-state index in [1.807, 2.05) is 0 Å². The van der Waals surface area contributed by atoms with Crippen molar-refractivity contribution in [1.29, 1.82) is 0 Å². The molecule has 2 N–H and O–H groups in total. The summed E-state index contributed by atoms with van der Waals surface area (Å²) in [6.07, 6.45) is -1.17. The van der Waals surface area contributed by atoms with E-state index in [0.717, 1.165) is 0 Å². The van der Waals surface area contributed by atoms with Gasteiger partial charge in [-0.3, -0.25) is 4.79 Å². The lowest BCUT2D eigenvalue weighted by molar-refractivity contribution is -0.145. The van der Waals surface area contributed by atoms with Gasteiger partial charge in [0, 0.05) is 5.56 Å². The smallest absolute Gasteiger partial charge is 0.308 e. The molecule has 1 rings (SSSR count). The van der Waals surface area contributed by atoms with Gasteiger partial charge in [-0.05, 0) is 13.0 Å². The lowest BCUT2D eigenvalue weighted by Crippen LogP contribution is -2.10. The zero-order valence-electron chi connectivity index (χ0n) is 8.51. The zero-order valence-corrected chi connectivity index (χ0v) is 8.51. The monoisotopic (exact) mass is 210 g/mol. The van der Waals surface area contributed by atoms with Crippen LogP contribution in [0, 0.1) is 0 Å². The molecule has 0 heterocycles. The third-order valence-corrected chi connectivity index (χ3v) is 1.96. The second kappa shape index (κ2) is 5.36. The number of phenols is 1. The van der Waals surface area contributed by atoms with Crippen LogP contribution in [-0.4, -0.2) is 22.8 Å². The predicted octanol–water partition coefficient (Wildman–Crippen LogP) is 1.38. The SMILES string of the molecule is CCOC(=O)CC(O)c1ccccc1O. The summed E-state index contributed by atoms with van der Waals surface area (Å²) in [5.74, 6) is -0.498. The maximum absolute atomic E-state index is 11.1. The second-order valence-corrected chi connectivity index (χ2v) is 3.08. The Morgan fingerprint density at radius 1 is 1.47 bits per heavy atom. The van der Waals surface area contributed by atoms with Crippen molar-refractivity contribution in [1.82, 2.24) is 0 Å². The van der Waals surface area contributed by atoms with Crippen LogP contribution in [0.25, 0.3) is 0 Å². The number of para-hydroxylation sites is 1. The standard InChI is InChI=1S/C11H14O4/c1-2-15-11(14)7-10(13)8-5-3-4-6-9(8)12/h3-6,10,12-13H,2,7H2,1H3. The summed E-state index contributed by atoms with van der Waals surface area (Å²) in [6, 6.07) is 6.36. The number of hydrogen-bond donors (Lipinski definition) is 2. The summed E-state index contributed by atoms with van der Waals surface area (Å²) >= 11 is 0. The van der Waals surface area contributed by atoms with Crippen LogP contribution in [0.3, 0.4) is 0 Å². The van der Waals surface area contributed by atoms with E-state index in [1.165, 1.54) is 6.07 Å². The number of ether oxygens (including phenoxy) is 1. The average Bonchev–Trinajstić information content (AvgIpc) is 2.18. The van der Waals surface area contributed by atoms with Gasteiger partial charge in [0.1, 0.15) is 5.75 Å². The minimum atomic E-state index is -1.02. The van der Waals surface area contributed by atoms with Gasteiger partial charge < -0.3 is 14.9 Å². The number of hydrogen-bond acceptors (Lipinski definition) is 4. The molecule has 1 atom stereocenters. The number of aliphatic hydroxyl groups is 1. The molecule has 0 amide bonds. The number of carbonyl (C=O) groups excluding carboxylic acids is 1. The van der Waals surface area contributed by atoms with Gasteiger partial charge in [-0.2, -0.15) is 0 Å². The molecular formula is C11H14O4. The van der Waals surface area contributed by atoms with Crippen molar-refractivity contribution in [3.05, 3.63) is 29.8 Å². The number of carbonyl (C=O) groups is 1. The fourth-order valence-corrected chi connectivity index (χ4v) is 1.26. The van der Waals surface area contributed by atoms with Crippen LogP contribution >= 0.6 is 0 Å². The lowest BCUT2D eigenvalue weighted by Gasteiger charge is -2.11. The maximum atomic E-state index is 11.1. The van der Waals surface area contributed by atoms with E-state index >= 15 is 0 Å². The second-order valence-electron chi connectivity index (χ2n) is 3.08. The van der Waals surface area contributed by atoms with Gasteiger partial charge in [0.25, 0.3) is 0 Å². The molecule has 0 aromatic heterocycles. The molecule has 15 heavy (non-hydrogen) atoms. The first-order chi connectivity index (χ1) is 7.15. The molecule has 1 aromatic carbocycles. The van der Waals surface area contributed by atoms with Crippen molar-refractivity contribution in [3.63, 3.8) is 0 Å². The number of benzene rings is 1. The minimum absolute atomic E-state index is 0.0192. The normalized spacial score (nSPS) is 12.1. The zero-order chi connectivity index (χ0) is 11.3. The van der Waals surface area contributed by atoms with E-state index in [0.29, 0.717) is 5.56 Å². The van der Waals surface area contributed by atoms with Crippen LogP contribution in [-0.2, 0) is 9.53 Å². The number of phenolic OH excluding ortho intramolecular Hbond substituents is 1. The number of esters is 1. The van der Waals surface area contributed by atoms with Gasteiger partial charge in [0.05, 0.1) is 19.1 Å². The molecule has 0 saturated carbocycles. The summed E-state index contributed by atoms with van der Waals surface area (Å²) in [7, 11) is 0. The van der Waals surface area contributed by atoms with Crippen molar-refractivity contribution in [2.24, 2.45) is 0 Å². The van der Waals surface area contributed by atoms with Gasteiger partial charge in [-0.1, -0.05) is 18.2 Å². The van der Waals surface area contributed by atoms with E-state index in [4.69, 9.17) is 4.74 Å². The Morgan fingerprint density at radius 2 is 2.13 bits per heavy atom. The summed E-state index contributed by atoms with van der Waals surface area (Å²) in [4.78, 5) is 11.1. The van der Waals surface area contributed by atoms with Gasteiger partial charge in [0.2, 0.25) is 0 Å². The van der Waals surface area contributed by atoms with Crippen LogP contribution in [0.2, 0.25) is 0 Å². The van der Waals surface area contributed by atoms with Crippen LogP contribution in [0.5, 0.6) is 5.75 Å². The highest BCUT2D eigenvalue weighted by atomic mass is 16.5. The average molecular weight is 210 g/mol. The molecular weight excluding hydrogens is 196 g/mol. The summed E-state index contributed by atoms with van der Waals surface area (Å²) in [5, 5.41) is 19.0. The van der Waals surface area contributed by atoms with Crippen LogP contribution < -0.4 is 0 Å². The van der Waals surface area contributed by atoms with Crippen LogP contribution in [0.15, 0.2) is 24.3 Å². The minimum Gasteiger partial charge on any atom is -0.508 e. The van der Waals surface area contributed by atoms with Crippen LogP contribution in [0.4, 0.5) is 0 Å². The fraction of sp³-hybridized carbons (Fsp3) is 0.364. The van der Waals surface area contributed by atoms with E-state index in [1.54, 1.807) is 25.1 Å². The highest BCUT2D eigenvalue weighted by molar-refractivity contribution is 5.70. The number of aliphatic hydroxyl groups excluding tert-OH is 1. The number of rotatable bonds is 4. The molecule has 0 aliphatic rings. The lowest BCUT2D eigenvalue weighted by atomic mass is 10.1. The van der Waals surface area contributed by atoms with Crippen molar-refractivity contribution in [3.8, 4) is 5.75 Å². The molecule has 0 bridgehead atoms. The van der Waals surface area contributed by atoms with E-state index in [-0.39, 0.29) is 18.8 Å². The van der Waals surface area contributed by atoms with Crippen LogP contribution in [0.1, 0.15) is 25.0 Å². The van der Waals surface area contributed by atoms with Gasteiger partial charge in [-0.25, -0.2) is 0 Å². The first-order valence-corrected chi connectivity index (χ1v) is 4.76. The Hall–Kier alpha value is -1.55. The molecule has 0 aliphatic heterocycles. The molecule has 1 unspecified atom stereocenters. The first-order valence-electron chi connectivity index (χ1n) is 4.76. The van der Waals surface area contributed by atoms with Crippen molar-refractivity contribution in [2.75, 3.05) is 6.61 Å². The Kier molecular flexibility index (Phi) is 4.12. The highest BCUT2D eigenvalue weighted by Crippen LogP contribution is 2.25. The van der Waals surface area contributed by atoms with E-state index < -0.39 is 12.1 Å². The Bertz CT molecular complexity index is 335. The maximum Gasteiger partial charge on any atom is 0.308 e. The quantitative estimate of drug-likeness (QED) is 0.737. The molecule has 1 aromatic rings. The third kappa shape index (κ3) is 3.25. The van der Waals surface area contributed by atoms with Gasteiger partial charge in [0.15, 0.2) is 0 Å². The molecule has 82 valence electrons. The Labute approximate surface area is 88.1 Å². The fourth-order valence-electron chi connectivity index (χ4n) is 1.26. The third-order valence-electron chi connectivity index (χ3n) is 1.96. The molecule has 0 radical (unpaired) electrons. The Morgan fingerprint density at radius 3 is 2.73 bits per heavy atom. The topological polar surface area (TPSA) is 66.8 Å². The molecule has 0 spiro atoms. The summed E-state index contributed by atoms with van der Waals surface area (Å²) < 4.78 is 4.69. The molecule has 0 saturated heterocycles. The molecule has 4 nitrogen and oxygen atoms in total. The van der Waals surface area contributed by atoms with Crippen molar-refractivity contribution < 1.29 is 19.7 Å². The highest BCUT2D eigenvalue weighted by Gasteiger charge is 2.16.